The van der Waals surface area contributed by atoms with Crippen LogP contribution in [0.1, 0.15) is 29.2 Å². The Bertz CT molecular complexity index is 864. The van der Waals surface area contributed by atoms with E-state index in [0.717, 1.165) is 28.0 Å². The largest absolute Gasteiger partial charge is 0.489 e. The van der Waals surface area contributed by atoms with Crippen molar-refractivity contribution in [2.45, 2.75) is 27.4 Å². The second-order valence-corrected chi connectivity index (χ2v) is 6.20. The molecule has 0 aliphatic heterocycles. The van der Waals surface area contributed by atoms with Gasteiger partial charge in [0.1, 0.15) is 24.0 Å². The molecule has 0 heterocycles. The number of esters is 1. The minimum atomic E-state index is -0.617. The van der Waals surface area contributed by atoms with Crippen LogP contribution in [0.15, 0.2) is 42.0 Å². The summed E-state index contributed by atoms with van der Waals surface area (Å²) in [6.45, 7) is 6.23. The number of hydrogen-bond donors (Lipinski definition) is 0. The van der Waals surface area contributed by atoms with Gasteiger partial charge in [0.25, 0.3) is 0 Å². The van der Waals surface area contributed by atoms with Crippen LogP contribution >= 0.6 is 11.6 Å². The fourth-order valence-corrected chi connectivity index (χ4v) is 2.55. The molecular formula is C21H20ClNO3. The van der Waals surface area contributed by atoms with Crippen LogP contribution in [0.5, 0.6) is 5.75 Å². The highest BCUT2D eigenvalue weighted by molar-refractivity contribution is 6.30. The van der Waals surface area contributed by atoms with Crippen molar-refractivity contribution in [3.63, 3.8) is 0 Å². The molecule has 4 nitrogen and oxygen atoms in total. The smallest absolute Gasteiger partial charge is 0.348 e. The number of nitrogens with zero attached hydrogens (tertiary/aromatic N) is 1. The molecule has 0 atom stereocenters. The summed E-state index contributed by atoms with van der Waals surface area (Å²) in [6.07, 6.45) is 1.55. The molecule has 0 spiro atoms. The van der Waals surface area contributed by atoms with E-state index in [1.54, 1.807) is 37.3 Å². The number of hydrogen-bond acceptors (Lipinski definition) is 4. The Morgan fingerprint density at radius 3 is 2.50 bits per heavy atom. The van der Waals surface area contributed by atoms with Crippen LogP contribution in [0.2, 0.25) is 5.02 Å². The molecule has 0 amide bonds. The van der Waals surface area contributed by atoms with E-state index in [0.29, 0.717) is 11.6 Å². The number of rotatable bonds is 6. The highest BCUT2D eigenvalue weighted by Crippen LogP contribution is 2.22. The first kappa shape index (κ1) is 19.6. The van der Waals surface area contributed by atoms with E-state index in [1.165, 1.54) is 0 Å². The monoisotopic (exact) mass is 369 g/mol. The standard InChI is InChI=1S/C21H20ClNO3/c1-4-25-21(24)17(12-23)10-16-11-18(15(3)9-14(16)2)13-26-20-7-5-19(22)6-8-20/h5-11H,4,13H2,1-3H3. The zero-order chi connectivity index (χ0) is 19.1. The number of aryl methyl sites for hydroxylation is 2. The first-order valence-corrected chi connectivity index (χ1v) is 8.59. The molecule has 0 N–H and O–H groups in total. The van der Waals surface area contributed by atoms with Crippen molar-refractivity contribution in [1.29, 1.82) is 5.26 Å². The maximum absolute atomic E-state index is 11.8. The second-order valence-electron chi connectivity index (χ2n) is 5.77. The summed E-state index contributed by atoms with van der Waals surface area (Å²) >= 11 is 5.88. The quantitative estimate of drug-likeness (QED) is 0.408. The van der Waals surface area contributed by atoms with E-state index in [9.17, 15) is 10.1 Å². The van der Waals surface area contributed by atoms with Crippen molar-refractivity contribution < 1.29 is 14.3 Å². The van der Waals surface area contributed by atoms with Gasteiger partial charge in [-0.05, 0) is 79.4 Å². The number of carbonyl (C=O) groups excluding carboxylic acids is 1. The molecular weight excluding hydrogens is 350 g/mol. The van der Waals surface area contributed by atoms with Crippen LogP contribution < -0.4 is 4.74 Å². The molecule has 2 aromatic rings. The third-order valence-electron chi connectivity index (χ3n) is 3.85. The van der Waals surface area contributed by atoms with Crippen molar-refractivity contribution in [2.75, 3.05) is 6.61 Å². The van der Waals surface area contributed by atoms with Gasteiger partial charge in [0.05, 0.1) is 6.61 Å². The summed E-state index contributed by atoms with van der Waals surface area (Å²) in [5, 5.41) is 9.87. The Morgan fingerprint density at radius 1 is 1.19 bits per heavy atom. The number of nitriles is 1. The molecule has 0 unspecified atom stereocenters. The SMILES string of the molecule is CCOC(=O)C(C#N)=Cc1cc(COc2ccc(Cl)cc2)c(C)cc1C. The Hall–Kier alpha value is -2.77. The summed E-state index contributed by atoms with van der Waals surface area (Å²) in [5.41, 5.74) is 3.77. The van der Waals surface area contributed by atoms with E-state index < -0.39 is 5.97 Å². The average Bonchev–Trinajstić information content (AvgIpc) is 2.61. The van der Waals surface area contributed by atoms with Crippen LogP contribution in [-0.2, 0) is 16.1 Å². The molecule has 0 aliphatic carbocycles. The van der Waals surface area contributed by atoms with Crippen LogP contribution in [-0.4, -0.2) is 12.6 Å². The van der Waals surface area contributed by atoms with E-state index in [4.69, 9.17) is 21.1 Å². The minimum Gasteiger partial charge on any atom is -0.489 e. The lowest BCUT2D eigenvalue weighted by atomic mass is 9.98. The molecule has 2 aromatic carbocycles. The Kier molecular flexibility index (Phi) is 6.82. The van der Waals surface area contributed by atoms with Gasteiger partial charge in [-0.3, -0.25) is 0 Å². The first-order valence-electron chi connectivity index (χ1n) is 8.22. The lowest BCUT2D eigenvalue weighted by Crippen LogP contribution is -2.06. The zero-order valence-electron chi connectivity index (χ0n) is 15.0. The molecule has 134 valence electrons. The molecule has 5 heteroatoms. The number of carbonyl (C=O) groups is 1. The molecule has 0 aliphatic rings. The van der Waals surface area contributed by atoms with Crippen LogP contribution in [0, 0.1) is 25.2 Å². The lowest BCUT2D eigenvalue weighted by molar-refractivity contribution is -0.137. The molecule has 0 radical (unpaired) electrons. The Labute approximate surface area is 158 Å². The van der Waals surface area contributed by atoms with E-state index >= 15 is 0 Å². The Morgan fingerprint density at radius 2 is 1.88 bits per heavy atom. The fourth-order valence-electron chi connectivity index (χ4n) is 2.42. The predicted molar refractivity (Wildman–Crippen MR) is 102 cm³/mol. The maximum Gasteiger partial charge on any atom is 0.348 e. The average molecular weight is 370 g/mol. The predicted octanol–water partition coefficient (Wildman–Crippen LogP) is 5.01. The van der Waals surface area contributed by atoms with Crippen LogP contribution in [0.3, 0.4) is 0 Å². The third kappa shape index (κ3) is 5.11. The fraction of sp³-hybridized carbons (Fsp3) is 0.238. The molecule has 0 aromatic heterocycles. The van der Waals surface area contributed by atoms with Crippen molar-refractivity contribution in [1.82, 2.24) is 0 Å². The zero-order valence-corrected chi connectivity index (χ0v) is 15.8. The van der Waals surface area contributed by atoms with Crippen molar-refractivity contribution in [2.24, 2.45) is 0 Å². The lowest BCUT2D eigenvalue weighted by Gasteiger charge is -2.12. The summed E-state index contributed by atoms with van der Waals surface area (Å²) in [7, 11) is 0. The van der Waals surface area contributed by atoms with Crippen LogP contribution in [0.4, 0.5) is 0 Å². The summed E-state index contributed by atoms with van der Waals surface area (Å²) in [5.74, 6) is 0.102. The van der Waals surface area contributed by atoms with Gasteiger partial charge < -0.3 is 9.47 Å². The van der Waals surface area contributed by atoms with Gasteiger partial charge in [-0.2, -0.15) is 5.26 Å². The van der Waals surface area contributed by atoms with E-state index in [2.05, 4.69) is 0 Å². The summed E-state index contributed by atoms with van der Waals surface area (Å²) in [6, 6.07) is 13.0. The molecule has 0 saturated carbocycles. The van der Waals surface area contributed by atoms with Gasteiger partial charge in [0.15, 0.2) is 0 Å². The van der Waals surface area contributed by atoms with Gasteiger partial charge in [0, 0.05) is 5.02 Å². The minimum absolute atomic E-state index is 0.0247. The summed E-state index contributed by atoms with van der Waals surface area (Å²) < 4.78 is 10.7. The van der Waals surface area contributed by atoms with Crippen molar-refractivity contribution in [3.05, 3.63) is 69.2 Å². The molecule has 26 heavy (non-hydrogen) atoms. The number of benzene rings is 2. The Balaban J connectivity index is 2.26. The highest BCUT2D eigenvalue weighted by atomic mass is 35.5. The van der Waals surface area contributed by atoms with Crippen molar-refractivity contribution in [3.8, 4) is 11.8 Å². The first-order chi connectivity index (χ1) is 12.4. The van der Waals surface area contributed by atoms with Gasteiger partial charge in [0.2, 0.25) is 0 Å². The normalized spacial score (nSPS) is 11.0. The van der Waals surface area contributed by atoms with Crippen LogP contribution in [0.25, 0.3) is 6.08 Å². The molecule has 0 saturated heterocycles. The van der Waals surface area contributed by atoms with Gasteiger partial charge in [-0.25, -0.2) is 4.79 Å². The second kappa shape index (κ2) is 9.07. The summed E-state index contributed by atoms with van der Waals surface area (Å²) in [4.78, 5) is 11.8. The van der Waals surface area contributed by atoms with Gasteiger partial charge in [-0.15, -0.1) is 0 Å². The number of halogens is 1. The molecule has 0 fully saturated rings. The molecule has 2 rings (SSSR count). The maximum atomic E-state index is 11.8. The highest BCUT2D eigenvalue weighted by Gasteiger charge is 2.12. The van der Waals surface area contributed by atoms with E-state index in [1.807, 2.05) is 32.0 Å². The van der Waals surface area contributed by atoms with Gasteiger partial charge >= 0.3 is 5.97 Å². The van der Waals surface area contributed by atoms with E-state index in [-0.39, 0.29) is 12.2 Å². The topological polar surface area (TPSA) is 59.3 Å². The molecule has 0 bridgehead atoms. The van der Waals surface area contributed by atoms with Gasteiger partial charge in [-0.1, -0.05) is 17.7 Å². The van der Waals surface area contributed by atoms with Crippen molar-refractivity contribution >= 4 is 23.6 Å². The number of ether oxygens (including phenoxy) is 2. The third-order valence-corrected chi connectivity index (χ3v) is 4.10.